The van der Waals surface area contributed by atoms with Crippen LogP contribution in [0.3, 0.4) is 0 Å². The average Bonchev–Trinajstić information content (AvgIpc) is 3.07. The molecule has 0 radical (unpaired) electrons. The molecule has 0 unspecified atom stereocenters. The molecule has 2 amide bonds. The van der Waals surface area contributed by atoms with E-state index in [1.807, 2.05) is 31.2 Å². The van der Waals surface area contributed by atoms with Crippen LogP contribution in [0.4, 0.5) is 5.69 Å². The minimum Gasteiger partial charge on any atom is -0.484 e. The highest BCUT2D eigenvalue weighted by Crippen LogP contribution is 2.25. The topological polar surface area (TPSA) is 71.5 Å². The number of anilines is 1. The van der Waals surface area contributed by atoms with E-state index >= 15 is 0 Å². The highest BCUT2D eigenvalue weighted by Gasteiger charge is 2.21. The lowest BCUT2D eigenvalue weighted by Crippen LogP contribution is -2.31. The average molecular weight is 339 g/mol. The number of rotatable bonds is 6. The van der Waals surface area contributed by atoms with Gasteiger partial charge in [0, 0.05) is 37.1 Å². The van der Waals surface area contributed by atoms with Gasteiger partial charge < -0.3 is 15.0 Å². The summed E-state index contributed by atoms with van der Waals surface area (Å²) in [4.78, 5) is 29.6. The number of ether oxygens (including phenoxy) is 1. The van der Waals surface area contributed by atoms with E-state index in [0.29, 0.717) is 12.2 Å². The number of amides is 2. The zero-order valence-electron chi connectivity index (χ0n) is 14.1. The van der Waals surface area contributed by atoms with Crippen molar-refractivity contribution in [3.63, 3.8) is 0 Å². The second-order valence-electron chi connectivity index (χ2n) is 6.00. The smallest absolute Gasteiger partial charge is 0.258 e. The number of aromatic nitrogens is 1. The molecule has 0 saturated carbocycles. The Bertz CT molecular complexity index is 749. The van der Waals surface area contributed by atoms with Gasteiger partial charge in [0.25, 0.3) is 5.91 Å². The summed E-state index contributed by atoms with van der Waals surface area (Å²) in [5.41, 5.74) is 1.79. The van der Waals surface area contributed by atoms with Crippen LogP contribution in [0.2, 0.25) is 0 Å². The van der Waals surface area contributed by atoms with Gasteiger partial charge in [0.15, 0.2) is 6.61 Å². The minimum absolute atomic E-state index is 0.0766. The summed E-state index contributed by atoms with van der Waals surface area (Å²) in [6, 6.07) is 10.9. The summed E-state index contributed by atoms with van der Waals surface area (Å²) in [5, 5.41) is 2.89. The maximum Gasteiger partial charge on any atom is 0.258 e. The minimum atomic E-state index is -0.202. The van der Waals surface area contributed by atoms with Crippen molar-refractivity contribution in [1.29, 1.82) is 0 Å². The van der Waals surface area contributed by atoms with Crippen molar-refractivity contribution in [2.45, 2.75) is 25.8 Å². The molecule has 1 aliphatic rings. The number of nitrogens with zero attached hydrogens (tertiary/aromatic N) is 2. The summed E-state index contributed by atoms with van der Waals surface area (Å²) in [6.45, 7) is 2.56. The van der Waals surface area contributed by atoms with Crippen LogP contribution in [0.25, 0.3) is 0 Å². The predicted molar refractivity (Wildman–Crippen MR) is 94.3 cm³/mol. The standard InChI is InChI=1S/C19H21N3O3/c1-14(15-7-9-20-10-8-15)21-18(23)13-25-17-5-2-4-16(12-17)22-11-3-6-19(22)24/h2,4-5,7-10,12,14H,3,6,11,13H2,1H3,(H,21,23)/t14-/m0/s1. The van der Waals surface area contributed by atoms with Gasteiger partial charge in [-0.15, -0.1) is 0 Å². The number of hydrogen-bond donors (Lipinski definition) is 1. The Labute approximate surface area is 146 Å². The van der Waals surface area contributed by atoms with E-state index in [2.05, 4.69) is 10.3 Å². The van der Waals surface area contributed by atoms with Gasteiger partial charge in [-0.1, -0.05) is 6.07 Å². The third kappa shape index (κ3) is 4.35. The Morgan fingerprint density at radius 3 is 2.84 bits per heavy atom. The molecule has 2 heterocycles. The van der Waals surface area contributed by atoms with Crippen LogP contribution in [0.1, 0.15) is 31.4 Å². The molecule has 6 heteroatoms. The monoisotopic (exact) mass is 339 g/mol. The van der Waals surface area contributed by atoms with E-state index in [-0.39, 0.29) is 24.5 Å². The van der Waals surface area contributed by atoms with Gasteiger partial charge in [-0.05, 0) is 43.2 Å². The second-order valence-corrected chi connectivity index (χ2v) is 6.00. The van der Waals surface area contributed by atoms with Crippen LogP contribution in [-0.4, -0.2) is 29.9 Å². The van der Waals surface area contributed by atoms with Gasteiger partial charge in [0.05, 0.1) is 6.04 Å². The molecule has 6 nitrogen and oxygen atoms in total. The first-order valence-electron chi connectivity index (χ1n) is 8.36. The number of hydrogen-bond acceptors (Lipinski definition) is 4. The fraction of sp³-hybridized carbons (Fsp3) is 0.316. The van der Waals surface area contributed by atoms with Crippen molar-refractivity contribution < 1.29 is 14.3 Å². The van der Waals surface area contributed by atoms with Crippen molar-refractivity contribution in [2.75, 3.05) is 18.1 Å². The van der Waals surface area contributed by atoms with E-state index in [0.717, 1.165) is 24.2 Å². The van der Waals surface area contributed by atoms with E-state index in [4.69, 9.17) is 4.74 Å². The first-order chi connectivity index (χ1) is 12.1. The number of benzene rings is 1. The summed E-state index contributed by atoms with van der Waals surface area (Å²) in [6.07, 6.45) is 4.85. The highest BCUT2D eigenvalue weighted by molar-refractivity contribution is 5.95. The lowest BCUT2D eigenvalue weighted by Gasteiger charge is -2.17. The van der Waals surface area contributed by atoms with Gasteiger partial charge in [-0.2, -0.15) is 0 Å². The molecule has 1 aromatic heterocycles. The Hall–Kier alpha value is -2.89. The molecule has 25 heavy (non-hydrogen) atoms. The highest BCUT2D eigenvalue weighted by atomic mass is 16.5. The van der Waals surface area contributed by atoms with Crippen LogP contribution < -0.4 is 15.0 Å². The van der Waals surface area contributed by atoms with Crippen LogP contribution in [0.5, 0.6) is 5.75 Å². The molecule has 1 atom stereocenters. The third-order valence-electron chi connectivity index (χ3n) is 4.16. The maximum absolute atomic E-state index is 12.1. The van der Waals surface area contributed by atoms with Crippen molar-refractivity contribution in [1.82, 2.24) is 10.3 Å². The van der Waals surface area contributed by atoms with Crippen molar-refractivity contribution in [3.8, 4) is 5.75 Å². The van der Waals surface area contributed by atoms with Crippen molar-refractivity contribution in [3.05, 3.63) is 54.4 Å². The second kappa shape index (κ2) is 7.79. The molecule has 0 spiro atoms. The van der Waals surface area contributed by atoms with E-state index < -0.39 is 0 Å². The molecule has 0 aliphatic carbocycles. The fourth-order valence-corrected chi connectivity index (χ4v) is 2.83. The predicted octanol–water partition coefficient (Wildman–Crippen LogP) is 2.46. The van der Waals surface area contributed by atoms with Gasteiger partial charge in [-0.3, -0.25) is 14.6 Å². The van der Waals surface area contributed by atoms with Gasteiger partial charge in [-0.25, -0.2) is 0 Å². The van der Waals surface area contributed by atoms with E-state index in [9.17, 15) is 9.59 Å². The van der Waals surface area contributed by atoms with Crippen LogP contribution >= 0.6 is 0 Å². The molecule has 1 fully saturated rings. The summed E-state index contributed by atoms with van der Waals surface area (Å²) < 4.78 is 5.58. The molecule has 3 rings (SSSR count). The molecule has 130 valence electrons. The number of nitrogens with one attached hydrogen (secondary N) is 1. The summed E-state index contributed by atoms with van der Waals surface area (Å²) in [7, 11) is 0. The molecule has 1 aromatic carbocycles. The molecule has 1 aliphatic heterocycles. The van der Waals surface area contributed by atoms with E-state index in [1.54, 1.807) is 29.4 Å². The Kier molecular flexibility index (Phi) is 5.28. The maximum atomic E-state index is 12.1. The third-order valence-corrected chi connectivity index (χ3v) is 4.16. The van der Waals surface area contributed by atoms with Crippen LogP contribution in [-0.2, 0) is 9.59 Å². The number of pyridine rings is 1. The largest absolute Gasteiger partial charge is 0.484 e. The normalized spacial score (nSPS) is 15.1. The van der Waals surface area contributed by atoms with Crippen molar-refractivity contribution in [2.24, 2.45) is 0 Å². The molecular weight excluding hydrogens is 318 g/mol. The Morgan fingerprint density at radius 2 is 2.12 bits per heavy atom. The number of carbonyl (C=O) groups is 2. The van der Waals surface area contributed by atoms with Gasteiger partial charge in [0.2, 0.25) is 5.91 Å². The van der Waals surface area contributed by atoms with Gasteiger partial charge >= 0.3 is 0 Å². The fourth-order valence-electron chi connectivity index (χ4n) is 2.83. The first-order valence-corrected chi connectivity index (χ1v) is 8.36. The quantitative estimate of drug-likeness (QED) is 0.877. The Morgan fingerprint density at radius 1 is 1.32 bits per heavy atom. The number of carbonyl (C=O) groups excluding carboxylic acids is 2. The lowest BCUT2D eigenvalue weighted by atomic mass is 10.1. The van der Waals surface area contributed by atoms with E-state index in [1.165, 1.54) is 0 Å². The molecule has 1 N–H and O–H groups in total. The molecule has 1 saturated heterocycles. The molecule has 0 bridgehead atoms. The summed E-state index contributed by atoms with van der Waals surface area (Å²) >= 11 is 0. The van der Waals surface area contributed by atoms with Crippen LogP contribution in [0, 0.1) is 0 Å². The molecular formula is C19H21N3O3. The van der Waals surface area contributed by atoms with Crippen molar-refractivity contribution >= 4 is 17.5 Å². The van der Waals surface area contributed by atoms with Gasteiger partial charge in [0.1, 0.15) is 5.75 Å². The van der Waals surface area contributed by atoms with Crippen LogP contribution in [0.15, 0.2) is 48.8 Å². The zero-order valence-corrected chi connectivity index (χ0v) is 14.1. The first kappa shape index (κ1) is 17.0. The Balaban J connectivity index is 1.54. The zero-order chi connectivity index (χ0) is 17.6. The lowest BCUT2D eigenvalue weighted by molar-refractivity contribution is -0.123. The SMILES string of the molecule is C[C@H](NC(=O)COc1cccc(N2CCCC2=O)c1)c1ccncc1. The summed E-state index contributed by atoms with van der Waals surface area (Å²) in [5.74, 6) is 0.497. The molecule has 2 aromatic rings.